The van der Waals surface area contributed by atoms with Crippen LogP contribution in [0.5, 0.6) is 0 Å². The topological polar surface area (TPSA) is 35.2 Å². The van der Waals surface area contributed by atoms with Gasteiger partial charge in [0.15, 0.2) is 0 Å². The Balaban J connectivity index is 1.91. The van der Waals surface area contributed by atoms with Gasteiger partial charge in [-0.2, -0.15) is 11.8 Å². The molecule has 2 N–H and O–H groups in total. The molecule has 88 valence electrons. The summed E-state index contributed by atoms with van der Waals surface area (Å²) in [6.45, 7) is 1.19. The summed E-state index contributed by atoms with van der Waals surface area (Å²) in [4.78, 5) is 0. The van der Waals surface area contributed by atoms with Crippen LogP contribution in [0.3, 0.4) is 0 Å². The number of nitrogens with two attached hydrogens (primary N) is 1. The smallest absolute Gasteiger partial charge is 0.104 e. The normalized spacial score (nSPS) is 38.4. The third kappa shape index (κ3) is 2.66. The van der Waals surface area contributed by atoms with Crippen LogP contribution >= 0.6 is 11.8 Å². The van der Waals surface area contributed by atoms with Crippen molar-refractivity contribution in [2.24, 2.45) is 11.7 Å². The van der Waals surface area contributed by atoms with E-state index in [1.165, 1.54) is 5.75 Å². The summed E-state index contributed by atoms with van der Waals surface area (Å²) in [5.41, 5.74) is 5.41. The molecule has 0 bridgehead atoms. The summed E-state index contributed by atoms with van der Waals surface area (Å²) in [5, 5.41) is 0. The zero-order valence-corrected chi connectivity index (χ0v) is 9.90. The van der Waals surface area contributed by atoms with Gasteiger partial charge in [0.25, 0.3) is 0 Å². The van der Waals surface area contributed by atoms with Gasteiger partial charge in [-0.25, -0.2) is 4.39 Å². The molecule has 2 rings (SSSR count). The van der Waals surface area contributed by atoms with E-state index >= 15 is 0 Å². The minimum Gasteiger partial charge on any atom is -0.374 e. The molecule has 0 aliphatic carbocycles. The van der Waals surface area contributed by atoms with Gasteiger partial charge in [0.05, 0.1) is 5.60 Å². The Morgan fingerprint density at radius 1 is 1.60 bits per heavy atom. The average Bonchev–Trinajstić information content (AvgIpc) is 2.67. The highest BCUT2D eigenvalue weighted by Crippen LogP contribution is 2.42. The standard InChI is InChI=1S/C11H20FNOS/c12-10(1-4-13)9-2-5-14-11(7-9)3-6-15-8-11/h9-10H,1-8,13H2. The van der Waals surface area contributed by atoms with Crippen LogP contribution in [0.4, 0.5) is 4.39 Å². The Bertz CT molecular complexity index is 209. The lowest BCUT2D eigenvalue weighted by Crippen LogP contribution is -2.42. The van der Waals surface area contributed by atoms with Crippen LogP contribution in [0.1, 0.15) is 25.7 Å². The quantitative estimate of drug-likeness (QED) is 0.809. The van der Waals surface area contributed by atoms with Crippen molar-refractivity contribution >= 4 is 11.8 Å². The molecule has 2 nitrogen and oxygen atoms in total. The first-order valence-corrected chi connectivity index (χ1v) is 6.97. The lowest BCUT2D eigenvalue weighted by atomic mass is 9.82. The molecule has 0 aromatic rings. The zero-order valence-electron chi connectivity index (χ0n) is 9.08. The summed E-state index contributed by atoms with van der Waals surface area (Å²) in [6.07, 6.45) is 2.66. The lowest BCUT2D eigenvalue weighted by Gasteiger charge is -2.38. The fourth-order valence-electron chi connectivity index (χ4n) is 2.63. The van der Waals surface area contributed by atoms with Crippen LogP contribution in [-0.4, -0.2) is 36.4 Å². The van der Waals surface area contributed by atoms with E-state index in [1.807, 2.05) is 11.8 Å². The highest BCUT2D eigenvalue weighted by atomic mass is 32.2. The van der Waals surface area contributed by atoms with E-state index in [0.29, 0.717) is 13.0 Å². The molecule has 2 heterocycles. The first-order valence-electron chi connectivity index (χ1n) is 5.82. The zero-order chi connectivity index (χ0) is 10.7. The molecular weight excluding hydrogens is 213 g/mol. The van der Waals surface area contributed by atoms with E-state index in [1.54, 1.807) is 0 Å². The third-order valence-electron chi connectivity index (χ3n) is 3.55. The Labute approximate surface area is 95.1 Å². The molecule has 1 spiro atoms. The van der Waals surface area contributed by atoms with Crippen molar-refractivity contribution in [3.63, 3.8) is 0 Å². The van der Waals surface area contributed by atoms with Gasteiger partial charge in [0.2, 0.25) is 0 Å². The molecule has 0 aromatic carbocycles. The van der Waals surface area contributed by atoms with Crippen molar-refractivity contribution in [1.82, 2.24) is 0 Å². The second-order valence-electron chi connectivity index (χ2n) is 4.68. The molecule has 0 radical (unpaired) electrons. The maximum absolute atomic E-state index is 13.8. The first kappa shape index (κ1) is 11.7. The van der Waals surface area contributed by atoms with Crippen LogP contribution in [-0.2, 0) is 4.74 Å². The van der Waals surface area contributed by atoms with Gasteiger partial charge in [0.1, 0.15) is 6.17 Å². The predicted molar refractivity (Wildman–Crippen MR) is 61.9 cm³/mol. The van der Waals surface area contributed by atoms with E-state index < -0.39 is 6.17 Å². The highest BCUT2D eigenvalue weighted by molar-refractivity contribution is 7.99. The van der Waals surface area contributed by atoms with Crippen molar-refractivity contribution in [1.29, 1.82) is 0 Å². The highest BCUT2D eigenvalue weighted by Gasteiger charge is 2.42. The largest absolute Gasteiger partial charge is 0.374 e. The number of rotatable bonds is 3. The van der Waals surface area contributed by atoms with Gasteiger partial charge >= 0.3 is 0 Å². The Morgan fingerprint density at radius 2 is 2.47 bits per heavy atom. The molecule has 3 unspecified atom stereocenters. The minimum absolute atomic E-state index is 0.00647. The molecule has 3 atom stereocenters. The molecule has 15 heavy (non-hydrogen) atoms. The second kappa shape index (κ2) is 5.02. The summed E-state index contributed by atoms with van der Waals surface area (Å²) < 4.78 is 19.6. The number of halogens is 1. The monoisotopic (exact) mass is 233 g/mol. The van der Waals surface area contributed by atoms with Gasteiger partial charge in [0, 0.05) is 12.4 Å². The fraction of sp³-hybridized carbons (Fsp3) is 1.00. The van der Waals surface area contributed by atoms with Crippen LogP contribution in [0.2, 0.25) is 0 Å². The Morgan fingerprint density at radius 3 is 3.13 bits per heavy atom. The van der Waals surface area contributed by atoms with Gasteiger partial charge in [-0.15, -0.1) is 0 Å². The van der Waals surface area contributed by atoms with Crippen molar-refractivity contribution < 1.29 is 9.13 Å². The molecule has 0 saturated carbocycles. The van der Waals surface area contributed by atoms with E-state index in [9.17, 15) is 4.39 Å². The van der Waals surface area contributed by atoms with Crippen molar-refractivity contribution in [3.05, 3.63) is 0 Å². The minimum atomic E-state index is -0.721. The SMILES string of the molecule is NCCC(F)C1CCOC2(CCSC2)C1. The van der Waals surface area contributed by atoms with E-state index in [4.69, 9.17) is 10.5 Å². The molecule has 0 aromatic heterocycles. The van der Waals surface area contributed by atoms with Crippen LogP contribution in [0, 0.1) is 5.92 Å². The van der Waals surface area contributed by atoms with Gasteiger partial charge in [-0.1, -0.05) is 0 Å². The molecule has 2 fully saturated rings. The molecule has 2 saturated heterocycles. The first-order chi connectivity index (χ1) is 7.26. The Hall–Kier alpha value is 0.200. The molecule has 0 amide bonds. The van der Waals surface area contributed by atoms with Crippen LogP contribution in [0.25, 0.3) is 0 Å². The summed E-state index contributed by atoms with van der Waals surface area (Å²) >= 11 is 1.93. The Kier molecular flexibility index (Phi) is 3.91. The second-order valence-corrected chi connectivity index (χ2v) is 5.79. The molecule has 2 aliphatic rings. The van der Waals surface area contributed by atoms with Crippen LogP contribution in [0.15, 0.2) is 0 Å². The van der Waals surface area contributed by atoms with E-state index in [2.05, 4.69) is 0 Å². The average molecular weight is 233 g/mol. The number of thioether (sulfide) groups is 1. The van der Waals surface area contributed by atoms with Crippen molar-refractivity contribution in [3.8, 4) is 0 Å². The van der Waals surface area contributed by atoms with Gasteiger partial charge < -0.3 is 10.5 Å². The number of hydrogen-bond donors (Lipinski definition) is 1. The van der Waals surface area contributed by atoms with Crippen LogP contribution < -0.4 is 5.73 Å². The predicted octanol–water partition coefficient (Wildman–Crippen LogP) is 1.98. The van der Waals surface area contributed by atoms with E-state index in [-0.39, 0.29) is 11.5 Å². The van der Waals surface area contributed by atoms with Crippen molar-refractivity contribution in [2.45, 2.75) is 37.5 Å². The number of hydrogen-bond acceptors (Lipinski definition) is 3. The third-order valence-corrected chi connectivity index (χ3v) is 4.78. The number of alkyl halides is 1. The maximum atomic E-state index is 13.8. The number of ether oxygens (including phenoxy) is 1. The summed E-state index contributed by atoms with van der Waals surface area (Å²) in [6, 6.07) is 0. The molecule has 2 aliphatic heterocycles. The van der Waals surface area contributed by atoms with E-state index in [0.717, 1.165) is 31.6 Å². The summed E-state index contributed by atoms with van der Waals surface area (Å²) in [7, 11) is 0. The lowest BCUT2D eigenvalue weighted by molar-refractivity contribution is -0.0921. The fourth-order valence-corrected chi connectivity index (χ4v) is 4.01. The molecular formula is C11H20FNOS. The van der Waals surface area contributed by atoms with Gasteiger partial charge in [-0.05, 0) is 43.9 Å². The van der Waals surface area contributed by atoms with Gasteiger partial charge in [-0.3, -0.25) is 0 Å². The van der Waals surface area contributed by atoms with Crippen molar-refractivity contribution in [2.75, 3.05) is 24.7 Å². The maximum Gasteiger partial charge on any atom is 0.104 e. The summed E-state index contributed by atoms with van der Waals surface area (Å²) in [5.74, 6) is 2.40. The molecule has 4 heteroatoms.